The molecule has 0 fully saturated rings. The lowest BCUT2D eigenvalue weighted by atomic mass is 10.1. The highest BCUT2D eigenvalue weighted by molar-refractivity contribution is 9.10. The van der Waals surface area contributed by atoms with Gasteiger partial charge in [-0.25, -0.2) is 9.78 Å². The van der Waals surface area contributed by atoms with E-state index in [1.807, 2.05) is 12.1 Å². The van der Waals surface area contributed by atoms with Crippen LogP contribution in [-0.4, -0.2) is 31.9 Å². The maximum atomic E-state index is 13.6. The highest BCUT2D eigenvalue weighted by Crippen LogP contribution is 2.36. The van der Waals surface area contributed by atoms with Gasteiger partial charge in [-0.3, -0.25) is 14.9 Å². The number of nitrogens with zero attached hydrogens (tertiary/aromatic N) is 4. The molecule has 2 aromatic heterocycles. The minimum absolute atomic E-state index is 0.0477. The van der Waals surface area contributed by atoms with Crippen molar-refractivity contribution in [2.45, 2.75) is 6.61 Å². The molecule has 0 bridgehead atoms. The van der Waals surface area contributed by atoms with Crippen LogP contribution in [0, 0.1) is 10.1 Å². The monoisotopic (exact) mass is 672 g/mol. The Labute approximate surface area is 260 Å². The number of nitro benzene ring substituents is 1. The van der Waals surface area contributed by atoms with Crippen LogP contribution in [0.3, 0.4) is 0 Å². The number of furan rings is 1. The Bertz CT molecular complexity index is 2210. The number of aromatic carboxylic acids is 1. The number of aromatic nitrogens is 2. The van der Waals surface area contributed by atoms with E-state index in [4.69, 9.17) is 20.8 Å². The zero-order chi connectivity index (χ0) is 31.0. The number of hydrogen-bond acceptors (Lipinski definition) is 8. The summed E-state index contributed by atoms with van der Waals surface area (Å²) in [5, 5.41) is 26.5. The van der Waals surface area contributed by atoms with Gasteiger partial charge in [-0.15, -0.1) is 0 Å². The molecule has 0 spiro atoms. The average molecular weight is 674 g/mol. The molecule has 11 nitrogen and oxygen atoms in total. The Morgan fingerprint density at radius 2 is 1.93 bits per heavy atom. The normalized spacial score (nSPS) is 11.4. The first-order chi connectivity index (χ1) is 21.2. The summed E-state index contributed by atoms with van der Waals surface area (Å²) in [4.78, 5) is 40.8. The maximum absolute atomic E-state index is 13.6. The van der Waals surface area contributed by atoms with Gasteiger partial charge >= 0.3 is 11.7 Å². The van der Waals surface area contributed by atoms with Crippen LogP contribution in [0.5, 0.6) is 5.75 Å². The van der Waals surface area contributed by atoms with Gasteiger partial charge in [-0.2, -0.15) is 9.78 Å². The Morgan fingerprint density at radius 3 is 2.73 bits per heavy atom. The van der Waals surface area contributed by atoms with Crippen LogP contribution < -0.4 is 10.3 Å². The molecule has 0 amide bonds. The molecule has 0 unspecified atom stereocenters. The number of carboxylic acids is 1. The van der Waals surface area contributed by atoms with Gasteiger partial charge in [0.15, 0.2) is 5.76 Å². The fraction of sp³-hybridized carbons (Fsp3) is 0.0323. The SMILES string of the molecule is O=C(O)c1cccc(COc2c(Cl)cc(C=Nn3c(-c4cc5cc(Br)ccc5o4)nc4ccccc4c3=O)cc2[N+](=O)[O-])c1. The molecule has 0 atom stereocenters. The van der Waals surface area contributed by atoms with Crippen molar-refractivity contribution in [3.05, 3.63) is 132 Å². The van der Waals surface area contributed by atoms with Crippen LogP contribution in [0.1, 0.15) is 21.5 Å². The number of nitro groups is 1. The van der Waals surface area contributed by atoms with Gasteiger partial charge in [-0.05, 0) is 60.2 Å². The molecule has 0 saturated heterocycles. The fourth-order valence-corrected chi connectivity index (χ4v) is 5.20. The number of fused-ring (bicyclic) bond motifs is 2. The predicted octanol–water partition coefficient (Wildman–Crippen LogP) is 7.29. The van der Waals surface area contributed by atoms with Crippen molar-refractivity contribution in [2.24, 2.45) is 5.10 Å². The molecular weight excluding hydrogens is 656 g/mol. The second-order valence-electron chi connectivity index (χ2n) is 9.51. The fourth-order valence-electron chi connectivity index (χ4n) is 4.54. The Hall–Kier alpha value is -5.33. The Morgan fingerprint density at radius 1 is 1.11 bits per heavy atom. The summed E-state index contributed by atoms with van der Waals surface area (Å²) in [6.45, 7) is -0.162. The van der Waals surface area contributed by atoms with Crippen molar-refractivity contribution < 1.29 is 24.0 Å². The van der Waals surface area contributed by atoms with Gasteiger partial charge in [0, 0.05) is 21.5 Å². The second kappa shape index (κ2) is 11.7. The van der Waals surface area contributed by atoms with Crippen LogP contribution in [-0.2, 0) is 6.61 Å². The number of ether oxygens (including phenoxy) is 1. The van der Waals surface area contributed by atoms with E-state index in [2.05, 4.69) is 26.0 Å². The molecule has 0 radical (unpaired) electrons. The lowest BCUT2D eigenvalue weighted by molar-refractivity contribution is -0.385. The zero-order valence-corrected chi connectivity index (χ0v) is 24.7. The number of para-hydroxylation sites is 1. The van der Waals surface area contributed by atoms with Crippen molar-refractivity contribution in [1.29, 1.82) is 0 Å². The molecule has 6 aromatic rings. The maximum Gasteiger partial charge on any atom is 0.335 e. The molecule has 0 saturated carbocycles. The van der Waals surface area contributed by atoms with Gasteiger partial charge < -0.3 is 14.3 Å². The minimum atomic E-state index is -1.11. The van der Waals surface area contributed by atoms with Crippen LogP contribution in [0.2, 0.25) is 5.02 Å². The molecule has 0 aliphatic carbocycles. The summed E-state index contributed by atoms with van der Waals surface area (Å²) in [5.41, 5.74) is 0.833. The number of carboxylic acid groups (broad SMARTS) is 1. The van der Waals surface area contributed by atoms with E-state index >= 15 is 0 Å². The molecule has 1 N–H and O–H groups in total. The molecular formula is C31H18BrClN4O7. The van der Waals surface area contributed by atoms with Crippen molar-refractivity contribution >= 4 is 67.3 Å². The quantitative estimate of drug-likeness (QED) is 0.101. The number of benzene rings is 4. The van der Waals surface area contributed by atoms with E-state index < -0.39 is 22.1 Å². The summed E-state index contributed by atoms with van der Waals surface area (Å²) in [6, 6.07) is 22.6. The Kier molecular flexibility index (Phi) is 7.68. The van der Waals surface area contributed by atoms with Crippen molar-refractivity contribution in [1.82, 2.24) is 9.66 Å². The summed E-state index contributed by atoms with van der Waals surface area (Å²) >= 11 is 9.86. The van der Waals surface area contributed by atoms with E-state index in [9.17, 15) is 24.8 Å². The first-order valence-corrected chi connectivity index (χ1v) is 14.0. The summed E-state index contributed by atoms with van der Waals surface area (Å²) < 4.78 is 13.6. The van der Waals surface area contributed by atoms with Crippen LogP contribution in [0.15, 0.2) is 104 Å². The van der Waals surface area contributed by atoms with E-state index in [-0.39, 0.29) is 40.1 Å². The van der Waals surface area contributed by atoms with Crippen LogP contribution in [0.25, 0.3) is 33.5 Å². The lowest BCUT2D eigenvalue weighted by Gasteiger charge is -2.10. The highest BCUT2D eigenvalue weighted by atomic mass is 79.9. The van der Waals surface area contributed by atoms with Gasteiger partial charge in [0.25, 0.3) is 5.56 Å². The van der Waals surface area contributed by atoms with Crippen molar-refractivity contribution in [3.8, 4) is 17.3 Å². The number of hydrogen-bond donors (Lipinski definition) is 1. The third-order valence-corrected chi connectivity index (χ3v) is 7.35. The smallest absolute Gasteiger partial charge is 0.335 e. The molecule has 13 heteroatoms. The van der Waals surface area contributed by atoms with Crippen LogP contribution >= 0.6 is 27.5 Å². The molecule has 6 rings (SSSR count). The highest BCUT2D eigenvalue weighted by Gasteiger charge is 2.22. The van der Waals surface area contributed by atoms with Gasteiger partial charge in [0.1, 0.15) is 12.2 Å². The predicted molar refractivity (Wildman–Crippen MR) is 168 cm³/mol. The van der Waals surface area contributed by atoms with Crippen molar-refractivity contribution in [3.63, 3.8) is 0 Å². The summed E-state index contributed by atoms with van der Waals surface area (Å²) in [5.74, 6) is -0.899. The van der Waals surface area contributed by atoms with Gasteiger partial charge in [-0.1, -0.05) is 51.8 Å². The van der Waals surface area contributed by atoms with E-state index in [1.54, 1.807) is 48.5 Å². The Balaban J connectivity index is 1.39. The zero-order valence-electron chi connectivity index (χ0n) is 22.3. The summed E-state index contributed by atoms with van der Waals surface area (Å²) in [6.07, 6.45) is 1.25. The molecule has 0 aliphatic rings. The number of rotatable bonds is 8. The first kappa shape index (κ1) is 28.8. The van der Waals surface area contributed by atoms with E-state index in [1.165, 1.54) is 30.5 Å². The molecule has 0 aliphatic heterocycles. The standard InChI is InChI=1S/C31H18BrClN4O7/c32-21-8-9-26-20(13-21)14-27(44-26)29-35-24-7-2-1-6-22(24)30(38)36(29)34-15-18-11-23(33)28(25(12-18)37(41)42)43-16-17-4-3-5-19(10-17)31(39)40/h1-15H,16H2,(H,39,40). The third-order valence-electron chi connectivity index (χ3n) is 6.57. The van der Waals surface area contributed by atoms with Gasteiger partial charge in [0.2, 0.25) is 11.6 Å². The van der Waals surface area contributed by atoms with E-state index in [0.717, 1.165) is 14.5 Å². The molecule has 2 heterocycles. The minimum Gasteiger partial charge on any atom is -0.481 e. The largest absolute Gasteiger partial charge is 0.481 e. The van der Waals surface area contributed by atoms with E-state index in [0.29, 0.717) is 22.0 Å². The van der Waals surface area contributed by atoms with Crippen molar-refractivity contribution in [2.75, 3.05) is 0 Å². The molecule has 218 valence electrons. The molecule has 4 aromatic carbocycles. The van der Waals surface area contributed by atoms with Crippen LogP contribution in [0.4, 0.5) is 5.69 Å². The van der Waals surface area contributed by atoms with Gasteiger partial charge in [0.05, 0.1) is 32.6 Å². The average Bonchev–Trinajstić information content (AvgIpc) is 3.43. The topological polar surface area (TPSA) is 150 Å². The third kappa shape index (κ3) is 5.68. The number of halogens is 2. The first-order valence-electron chi connectivity index (χ1n) is 12.9. The summed E-state index contributed by atoms with van der Waals surface area (Å²) in [7, 11) is 0. The number of carbonyl (C=O) groups is 1. The second-order valence-corrected chi connectivity index (χ2v) is 10.8. The molecule has 44 heavy (non-hydrogen) atoms. The lowest BCUT2D eigenvalue weighted by Crippen LogP contribution is -2.20.